The van der Waals surface area contributed by atoms with E-state index in [0.717, 1.165) is 22.8 Å². The maximum Gasteiger partial charge on any atom is 0.303 e. The van der Waals surface area contributed by atoms with E-state index in [4.69, 9.17) is 40.9 Å². The van der Waals surface area contributed by atoms with E-state index in [1.54, 1.807) is 4.57 Å². The highest BCUT2D eigenvalue weighted by Gasteiger charge is 2.52. The predicted molar refractivity (Wildman–Crippen MR) is 150 cm³/mol. The molecule has 0 bridgehead atoms. The number of benzene rings is 2. The Morgan fingerprint density at radius 1 is 0.829 bits per heavy atom. The molecule has 1 aliphatic heterocycles. The van der Waals surface area contributed by atoms with Crippen molar-refractivity contribution in [3.8, 4) is 5.69 Å². The van der Waals surface area contributed by atoms with E-state index in [1.807, 2.05) is 54.6 Å². The molecule has 0 aliphatic carbocycles. The summed E-state index contributed by atoms with van der Waals surface area (Å²) in [6, 6.07) is 16.7. The van der Waals surface area contributed by atoms with Crippen molar-refractivity contribution in [2.75, 3.05) is 6.61 Å². The van der Waals surface area contributed by atoms with E-state index in [9.17, 15) is 19.2 Å². The van der Waals surface area contributed by atoms with Crippen LogP contribution in [0.5, 0.6) is 0 Å². The van der Waals surface area contributed by atoms with Gasteiger partial charge in [-0.2, -0.15) is 0 Å². The first-order valence-electron chi connectivity index (χ1n) is 12.6. The minimum absolute atomic E-state index is 0.328. The fourth-order valence-corrected chi connectivity index (χ4v) is 6.01. The summed E-state index contributed by atoms with van der Waals surface area (Å²) < 4.78 is 30.3. The number of ether oxygens (including phenoxy) is 5. The third kappa shape index (κ3) is 7.29. The van der Waals surface area contributed by atoms with Crippen molar-refractivity contribution < 1.29 is 42.9 Å². The smallest absolute Gasteiger partial charge is 0.303 e. The van der Waals surface area contributed by atoms with E-state index >= 15 is 0 Å². The molecule has 3 aromatic rings. The van der Waals surface area contributed by atoms with Crippen LogP contribution in [-0.4, -0.2) is 69.9 Å². The highest BCUT2D eigenvalue weighted by molar-refractivity contribution is 7.99. The van der Waals surface area contributed by atoms with E-state index < -0.39 is 53.7 Å². The number of aromatic nitrogens is 2. The summed E-state index contributed by atoms with van der Waals surface area (Å²) in [6.07, 6.45) is -4.87. The van der Waals surface area contributed by atoms with Crippen molar-refractivity contribution in [1.82, 2.24) is 9.55 Å². The fraction of sp³-hybridized carbons (Fsp3) is 0.357. The summed E-state index contributed by atoms with van der Waals surface area (Å²) in [4.78, 5) is 52.9. The van der Waals surface area contributed by atoms with Gasteiger partial charge in [0.05, 0.1) is 5.52 Å². The molecule has 1 saturated heterocycles. The number of hydrogen-bond acceptors (Lipinski definition) is 12. The average molecular weight is 601 g/mol. The topological polar surface area (TPSA) is 132 Å². The number of carbonyl (C=O) groups is 4. The van der Waals surface area contributed by atoms with Crippen molar-refractivity contribution in [3.05, 3.63) is 59.2 Å². The second-order valence-corrected chi connectivity index (χ2v) is 10.5. The molecule has 216 valence electrons. The Bertz CT molecular complexity index is 1510. The molecule has 1 aliphatic rings. The number of nitrogens with zero attached hydrogens (tertiary/aromatic N) is 2. The monoisotopic (exact) mass is 600 g/mol. The van der Waals surface area contributed by atoms with Crippen LogP contribution < -0.4 is 0 Å². The highest BCUT2D eigenvalue weighted by atomic mass is 32.2. The maximum atomic E-state index is 12.2. The third-order valence-corrected chi connectivity index (χ3v) is 7.43. The Morgan fingerprint density at radius 2 is 1.41 bits per heavy atom. The maximum absolute atomic E-state index is 12.2. The number of thioether (sulfide) groups is 1. The predicted octanol–water partition coefficient (Wildman–Crippen LogP) is 3.93. The fourth-order valence-electron chi connectivity index (χ4n) is 4.38. The second kappa shape index (κ2) is 13.2. The summed E-state index contributed by atoms with van der Waals surface area (Å²) in [7, 11) is 0. The molecule has 0 spiro atoms. The highest BCUT2D eigenvalue weighted by Crippen LogP contribution is 2.38. The number of rotatable bonds is 8. The SMILES string of the molecule is CC(=O)OC[C@H]1O[C@@H](Sc2nc3ccccc3c(=S)n2-c2ccccc2)[C@H](OC(C)=O)[C@@H](OC(C)=O)[C@H]1OC(C)=O. The lowest BCUT2D eigenvalue weighted by atomic mass is 9.99. The molecule has 1 fully saturated rings. The van der Waals surface area contributed by atoms with Crippen LogP contribution in [0.1, 0.15) is 27.7 Å². The minimum Gasteiger partial charge on any atom is -0.463 e. The first kappa shape index (κ1) is 30.2. The molecular formula is C28H28N2O9S2. The lowest BCUT2D eigenvalue weighted by Crippen LogP contribution is -2.61. The van der Waals surface area contributed by atoms with Gasteiger partial charge in [0.25, 0.3) is 0 Å². The molecule has 41 heavy (non-hydrogen) atoms. The zero-order chi connectivity index (χ0) is 29.7. The Morgan fingerprint density at radius 3 is 2.05 bits per heavy atom. The Labute approximate surface area is 245 Å². The first-order valence-corrected chi connectivity index (χ1v) is 13.9. The Hall–Kier alpha value is -3.81. The minimum atomic E-state index is -1.29. The van der Waals surface area contributed by atoms with Gasteiger partial charge in [-0.05, 0) is 24.3 Å². The van der Waals surface area contributed by atoms with Gasteiger partial charge in [-0.15, -0.1) is 0 Å². The third-order valence-electron chi connectivity index (χ3n) is 5.93. The number of esters is 4. The molecule has 2 aromatic carbocycles. The molecule has 5 atom stereocenters. The lowest BCUT2D eigenvalue weighted by molar-refractivity contribution is -0.237. The normalized spacial score (nSPS) is 22.0. The number of fused-ring (bicyclic) bond motifs is 1. The van der Waals surface area contributed by atoms with Gasteiger partial charge in [0, 0.05) is 38.8 Å². The Balaban J connectivity index is 1.86. The van der Waals surface area contributed by atoms with Crippen LogP contribution in [0.2, 0.25) is 0 Å². The number of carbonyl (C=O) groups excluding carboxylic acids is 4. The average Bonchev–Trinajstić information content (AvgIpc) is 2.91. The van der Waals surface area contributed by atoms with Gasteiger partial charge in [-0.3, -0.25) is 23.7 Å². The van der Waals surface area contributed by atoms with E-state index in [2.05, 4.69) is 0 Å². The summed E-state index contributed by atoms with van der Waals surface area (Å²) in [5.74, 6) is -2.70. The van der Waals surface area contributed by atoms with E-state index in [0.29, 0.717) is 15.3 Å². The van der Waals surface area contributed by atoms with Gasteiger partial charge in [0.15, 0.2) is 28.9 Å². The zero-order valence-corrected chi connectivity index (χ0v) is 24.3. The van der Waals surface area contributed by atoms with Gasteiger partial charge in [0.2, 0.25) is 0 Å². The van der Waals surface area contributed by atoms with Gasteiger partial charge >= 0.3 is 23.9 Å². The lowest BCUT2D eigenvalue weighted by Gasteiger charge is -2.44. The zero-order valence-electron chi connectivity index (χ0n) is 22.7. The summed E-state index contributed by atoms with van der Waals surface area (Å²) in [5.41, 5.74) is 0.287. The molecule has 0 N–H and O–H groups in total. The van der Waals surface area contributed by atoms with Crippen LogP contribution in [0.3, 0.4) is 0 Å². The van der Waals surface area contributed by atoms with Gasteiger partial charge in [0.1, 0.15) is 17.4 Å². The van der Waals surface area contributed by atoms with Crippen LogP contribution in [0, 0.1) is 4.64 Å². The van der Waals surface area contributed by atoms with Crippen molar-refractivity contribution in [1.29, 1.82) is 0 Å². The molecule has 0 amide bonds. The van der Waals surface area contributed by atoms with Crippen molar-refractivity contribution in [3.63, 3.8) is 0 Å². The standard InChI is InChI=1S/C28H28N2O9S2/c1-15(31)35-14-22-23(36-16(2)32)24(37-17(3)33)25(38-18(4)34)27(39-22)41-28-29-21-13-9-8-12-20(21)26(40)30(28)19-10-6-5-7-11-19/h5-13,22-25,27H,14H2,1-4H3/t22-,23+,24+,25-,27+/m1/s1. The van der Waals surface area contributed by atoms with Gasteiger partial charge in [-0.1, -0.05) is 54.3 Å². The van der Waals surface area contributed by atoms with Crippen LogP contribution in [0.15, 0.2) is 59.8 Å². The van der Waals surface area contributed by atoms with Gasteiger partial charge in [-0.25, -0.2) is 4.98 Å². The van der Waals surface area contributed by atoms with E-state index in [-0.39, 0.29) is 6.61 Å². The number of hydrogen-bond donors (Lipinski definition) is 0. The molecule has 2 heterocycles. The molecule has 0 radical (unpaired) electrons. The molecule has 4 rings (SSSR count). The van der Waals surface area contributed by atoms with Crippen molar-refractivity contribution in [2.45, 2.75) is 62.7 Å². The summed E-state index contributed by atoms with van der Waals surface area (Å²) >= 11 is 6.94. The summed E-state index contributed by atoms with van der Waals surface area (Å²) in [6.45, 7) is 4.42. The Kier molecular flexibility index (Phi) is 9.73. The molecular weight excluding hydrogens is 572 g/mol. The van der Waals surface area contributed by atoms with Crippen LogP contribution in [0.25, 0.3) is 16.6 Å². The molecule has 11 nitrogen and oxygen atoms in total. The quantitative estimate of drug-likeness (QED) is 0.161. The largest absolute Gasteiger partial charge is 0.463 e. The number of para-hydroxylation sites is 2. The molecule has 0 unspecified atom stereocenters. The van der Waals surface area contributed by atoms with Crippen LogP contribution >= 0.6 is 24.0 Å². The van der Waals surface area contributed by atoms with Crippen LogP contribution in [-0.2, 0) is 42.9 Å². The van der Waals surface area contributed by atoms with Crippen molar-refractivity contribution >= 4 is 58.8 Å². The summed E-state index contributed by atoms with van der Waals surface area (Å²) in [5, 5.41) is 1.14. The van der Waals surface area contributed by atoms with Crippen molar-refractivity contribution in [2.24, 2.45) is 0 Å². The molecule has 1 aromatic heterocycles. The first-order chi connectivity index (χ1) is 19.5. The molecule has 0 saturated carbocycles. The van der Waals surface area contributed by atoms with Crippen LogP contribution in [0.4, 0.5) is 0 Å². The molecule has 13 heteroatoms. The van der Waals surface area contributed by atoms with E-state index in [1.165, 1.54) is 27.7 Å². The van der Waals surface area contributed by atoms with Gasteiger partial charge < -0.3 is 23.7 Å². The second-order valence-electron chi connectivity index (χ2n) is 9.07.